The van der Waals surface area contributed by atoms with Gasteiger partial charge in [0.05, 0.1) is 0 Å². The van der Waals surface area contributed by atoms with Crippen LogP contribution in [0.3, 0.4) is 0 Å². The van der Waals surface area contributed by atoms with Crippen molar-refractivity contribution in [2.45, 2.75) is 78.2 Å². The van der Waals surface area contributed by atoms with Crippen molar-refractivity contribution in [1.29, 1.82) is 0 Å². The lowest BCUT2D eigenvalue weighted by Crippen LogP contribution is -2.53. The van der Waals surface area contributed by atoms with Gasteiger partial charge in [0.1, 0.15) is 5.41 Å². The molecule has 2 unspecified atom stereocenters. The quantitative estimate of drug-likeness (QED) is 0.292. The van der Waals surface area contributed by atoms with E-state index in [2.05, 4.69) is 17.4 Å². The highest BCUT2D eigenvalue weighted by Crippen LogP contribution is 2.32. The Labute approximate surface area is 128 Å². The molecule has 21 heavy (non-hydrogen) atoms. The molecule has 4 N–H and O–H groups in total. The Morgan fingerprint density at radius 3 is 2.43 bits per heavy atom. The first-order valence-corrected chi connectivity index (χ1v) is 8.29. The van der Waals surface area contributed by atoms with E-state index in [0.717, 1.165) is 32.1 Å². The molecule has 0 heterocycles. The first-order chi connectivity index (χ1) is 10.00. The number of amides is 1. The van der Waals surface area contributed by atoms with Gasteiger partial charge in [-0.1, -0.05) is 51.6 Å². The minimum absolute atomic E-state index is 0.0487. The minimum Gasteiger partial charge on any atom is -0.409 e. The van der Waals surface area contributed by atoms with Gasteiger partial charge in [-0.2, -0.15) is 0 Å². The second kappa shape index (κ2) is 8.25. The van der Waals surface area contributed by atoms with Gasteiger partial charge in [-0.05, 0) is 31.6 Å². The number of amidine groups is 1. The van der Waals surface area contributed by atoms with Gasteiger partial charge in [0.15, 0.2) is 5.84 Å². The van der Waals surface area contributed by atoms with Crippen molar-refractivity contribution < 1.29 is 10.0 Å². The number of oxime groups is 1. The highest BCUT2D eigenvalue weighted by atomic mass is 16.4. The van der Waals surface area contributed by atoms with E-state index in [9.17, 15) is 4.79 Å². The van der Waals surface area contributed by atoms with Crippen LogP contribution in [-0.2, 0) is 4.79 Å². The van der Waals surface area contributed by atoms with E-state index in [-0.39, 0.29) is 17.8 Å². The number of nitrogens with one attached hydrogen (secondary N) is 1. The van der Waals surface area contributed by atoms with Crippen LogP contribution in [0.15, 0.2) is 5.16 Å². The average Bonchev–Trinajstić information content (AvgIpc) is 2.46. The molecule has 0 aromatic heterocycles. The maximum atomic E-state index is 12.8. The van der Waals surface area contributed by atoms with Crippen molar-refractivity contribution in [2.24, 2.45) is 22.2 Å². The van der Waals surface area contributed by atoms with Crippen LogP contribution in [0.4, 0.5) is 0 Å². The summed E-state index contributed by atoms with van der Waals surface area (Å²) in [6, 6.07) is 0.223. The Balaban J connectivity index is 2.88. The maximum absolute atomic E-state index is 12.8. The Morgan fingerprint density at radius 2 is 1.95 bits per heavy atom. The molecule has 1 saturated carbocycles. The standard InChI is InChI=1S/C16H31N3O2/c1-4-9-16(10-5-2,14(17)19-21)15(20)18-13-8-6-7-12(3)11-13/h12-13,21H,4-11H2,1-3H3,(H2,17,19)(H,18,20). The molecule has 0 radical (unpaired) electrons. The lowest BCUT2D eigenvalue weighted by molar-refractivity contribution is -0.129. The summed E-state index contributed by atoms with van der Waals surface area (Å²) in [5, 5.41) is 15.4. The molecule has 1 amide bonds. The van der Waals surface area contributed by atoms with E-state index in [1.54, 1.807) is 0 Å². The zero-order valence-electron chi connectivity index (χ0n) is 13.7. The molecule has 122 valence electrons. The van der Waals surface area contributed by atoms with E-state index in [0.29, 0.717) is 18.8 Å². The van der Waals surface area contributed by atoms with Gasteiger partial charge < -0.3 is 16.3 Å². The molecular formula is C16H31N3O2. The lowest BCUT2D eigenvalue weighted by atomic mass is 9.76. The highest BCUT2D eigenvalue weighted by Gasteiger charge is 2.42. The summed E-state index contributed by atoms with van der Waals surface area (Å²) in [4.78, 5) is 12.8. The van der Waals surface area contributed by atoms with Crippen molar-refractivity contribution in [1.82, 2.24) is 5.32 Å². The Kier molecular flexibility index (Phi) is 6.99. The molecule has 0 aromatic rings. The lowest BCUT2D eigenvalue weighted by Gasteiger charge is -2.34. The van der Waals surface area contributed by atoms with E-state index in [1.165, 1.54) is 6.42 Å². The van der Waals surface area contributed by atoms with Crippen molar-refractivity contribution in [3.8, 4) is 0 Å². The number of carbonyl (C=O) groups excluding carboxylic acids is 1. The fourth-order valence-corrected chi connectivity index (χ4v) is 3.56. The first-order valence-electron chi connectivity index (χ1n) is 8.29. The Morgan fingerprint density at radius 1 is 1.33 bits per heavy atom. The predicted octanol–water partition coefficient (Wildman–Crippen LogP) is 3.01. The predicted molar refractivity (Wildman–Crippen MR) is 85.2 cm³/mol. The Hall–Kier alpha value is -1.26. The van der Waals surface area contributed by atoms with Crippen LogP contribution >= 0.6 is 0 Å². The molecule has 0 spiro atoms. The average molecular weight is 297 g/mol. The third kappa shape index (κ3) is 4.35. The molecule has 1 aliphatic rings. The van der Waals surface area contributed by atoms with E-state index in [4.69, 9.17) is 10.9 Å². The van der Waals surface area contributed by atoms with Crippen molar-refractivity contribution in [3.05, 3.63) is 0 Å². The Bertz CT molecular complexity index is 363. The number of carbonyl (C=O) groups is 1. The van der Waals surface area contributed by atoms with E-state index < -0.39 is 5.41 Å². The van der Waals surface area contributed by atoms with Gasteiger partial charge in [-0.15, -0.1) is 0 Å². The van der Waals surface area contributed by atoms with Gasteiger partial charge >= 0.3 is 0 Å². The fraction of sp³-hybridized carbons (Fsp3) is 0.875. The summed E-state index contributed by atoms with van der Waals surface area (Å²) in [5.41, 5.74) is 5.03. The van der Waals surface area contributed by atoms with E-state index >= 15 is 0 Å². The second-order valence-electron chi connectivity index (χ2n) is 6.51. The van der Waals surface area contributed by atoms with Crippen LogP contribution in [0.1, 0.15) is 72.1 Å². The van der Waals surface area contributed by atoms with Gasteiger partial charge in [-0.3, -0.25) is 4.79 Å². The smallest absolute Gasteiger partial charge is 0.234 e. The molecule has 1 rings (SSSR count). The zero-order valence-corrected chi connectivity index (χ0v) is 13.7. The largest absolute Gasteiger partial charge is 0.409 e. The molecule has 0 bridgehead atoms. The normalized spacial score (nSPS) is 23.9. The molecule has 1 fully saturated rings. The summed E-state index contributed by atoms with van der Waals surface area (Å²) in [5.74, 6) is 0.632. The zero-order chi connectivity index (χ0) is 15.9. The van der Waals surface area contributed by atoms with Crippen molar-refractivity contribution >= 4 is 11.7 Å². The minimum atomic E-state index is -0.862. The highest BCUT2D eigenvalue weighted by molar-refractivity contribution is 6.06. The van der Waals surface area contributed by atoms with Gasteiger partial charge in [0.2, 0.25) is 5.91 Å². The number of nitrogens with zero attached hydrogens (tertiary/aromatic N) is 1. The van der Waals surface area contributed by atoms with Gasteiger partial charge in [0.25, 0.3) is 0 Å². The molecule has 1 aliphatic carbocycles. The van der Waals surface area contributed by atoms with Gasteiger partial charge in [-0.25, -0.2) is 0 Å². The van der Waals surface area contributed by atoms with Crippen LogP contribution in [0.5, 0.6) is 0 Å². The summed E-state index contributed by atoms with van der Waals surface area (Å²) in [6.45, 7) is 6.27. The van der Waals surface area contributed by atoms with Gasteiger partial charge in [0, 0.05) is 6.04 Å². The summed E-state index contributed by atoms with van der Waals surface area (Å²) in [7, 11) is 0. The number of hydrogen-bond acceptors (Lipinski definition) is 3. The maximum Gasteiger partial charge on any atom is 0.234 e. The van der Waals surface area contributed by atoms with Crippen molar-refractivity contribution in [3.63, 3.8) is 0 Å². The number of nitrogens with two attached hydrogens (primary N) is 1. The van der Waals surface area contributed by atoms with Crippen LogP contribution in [0.2, 0.25) is 0 Å². The fourth-order valence-electron chi connectivity index (χ4n) is 3.56. The van der Waals surface area contributed by atoms with Crippen molar-refractivity contribution in [2.75, 3.05) is 0 Å². The first kappa shape index (κ1) is 17.8. The third-order valence-electron chi connectivity index (χ3n) is 4.66. The summed E-state index contributed by atoms with van der Waals surface area (Å²) >= 11 is 0. The van der Waals surface area contributed by atoms with Crippen LogP contribution in [-0.4, -0.2) is 23.0 Å². The molecule has 0 aromatic carbocycles. The molecule has 5 heteroatoms. The second-order valence-corrected chi connectivity index (χ2v) is 6.51. The van der Waals surface area contributed by atoms with Crippen LogP contribution in [0.25, 0.3) is 0 Å². The van der Waals surface area contributed by atoms with Crippen LogP contribution < -0.4 is 11.1 Å². The molecule has 0 saturated heterocycles. The van der Waals surface area contributed by atoms with Crippen LogP contribution in [0, 0.1) is 11.3 Å². The topological polar surface area (TPSA) is 87.7 Å². The third-order valence-corrected chi connectivity index (χ3v) is 4.66. The summed E-state index contributed by atoms with van der Waals surface area (Å²) < 4.78 is 0. The number of rotatable bonds is 7. The molecular weight excluding hydrogens is 266 g/mol. The molecule has 5 nitrogen and oxygen atoms in total. The molecule has 0 aliphatic heterocycles. The SMILES string of the molecule is CCCC(CCC)(C(=O)NC1CCCC(C)C1)C(N)=NO. The monoisotopic (exact) mass is 297 g/mol. The van der Waals surface area contributed by atoms with E-state index in [1.807, 2.05) is 13.8 Å². The molecule has 2 atom stereocenters. The summed E-state index contributed by atoms with van der Waals surface area (Å²) in [6.07, 6.45) is 7.33. The number of hydrogen-bond donors (Lipinski definition) is 3.